The van der Waals surface area contributed by atoms with E-state index in [0.29, 0.717) is 0 Å². The first-order chi connectivity index (χ1) is 9.16. The van der Waals surface area contributed by atoms with Crippen molar-refractivity contribution in [3.8, 4) is 24.2 Å². The molecule has 0 aromatic heterocycles. The summed E-state index contributed by atoms with van der Waals surface area (Å²) in [6.07, 6.45) is -0.0684. The Kier molecular flexibility index (Phi) is 6.40. The Labute approximate surface area is 111 Å². The lowest BCUT2D eigenvalue weighted by molar-refractivity contribution is -0.137. The Hall–Kier alpha value is -2.93. The van der Waals surface area contributed by atoms with Crippen LogP contribution in [-0.2, 0) is 15.8 Å². The quantitative estimate of drug-likeness (QED) is 0.713. The van der Waals surface area contributed by atoms with E-state index in [4.69, 9.17) is 15.0 Å². The van der Waals surface area contributed by atoms with Crippen molar-refractivity contribution in [2.24, 2.45) is 0 Å². The molecule has 0 spiro atoms. The summed E-state index contributed by atoms with van der Waals surface area (Å²) < 4.78 is 36.3. The fraction of sp³-hybridized carbons (Fsp3) is 0.0769. The molecule has 20 heavy (non-hydrogen) atoms. The van der Waals surface area contributed by atoms with E-state index in [9.17, 15) is 18.0 Å². The smallest absolute Gasteiger partial charge is 0.416 e. The number of aliphatic carboxylic acids is 2. The Morgan fingerprint density at radius 1 is 1.05 bits per heavy atom. The molecule has 0 bridgehead atoms. The van der Waals surface area contributed by atoms with Crippen molar-refractivity contribution in [2.45, 2.75) is 6.18 Å². The summed E-state index contributed by atoms with van der Waals surface area (Å²) in [6.45, 7) is 0. The van der Waals surface area contributed by atoms with E-state index >= 15 is 0 Å². The van der Waals surface area contributed by atoms with Crippen LogP contribution in [0.2, 0.25) is 0 Å². The molecule has 0 unspecified atom stereocenters. The molecule has 0 saturated carbocycles. The van der Waals surface area contributed by atoms with Gasteiger partial charge in [0.1, 0.15) is 0 Å². The Morgan fingerprint density at radius 2 is 1.50 bits per heavy atom. The monoisotopic (exact) mass is 284 g/mol. The third-order valence-electron chi connectivity index (χ3n) is 1.65. The number of hydrogen-bond donors (Lipinski definition) is 2. The predicted molar refractivity (Wildman–Crippen MR) is 62.4 cm³/mol. The van der Waals surface area contributed by atoms with Gasteiger partial charge in [0.2, 0.25) is 0 Å². The molecule has 0 aliphatic heterocycles. The summed E-state index contributed by atoms with van der Waals surface area (Å²) in [4.78, 5) is 19.2. The zero-order valence-corrected chi connectivity index (χ0v) is 9.73. The highest BCUT2D eigenvalue weighted by molar-refractivity contribution is 5.87. The molecule has 1 aromatic rings. The SMILES string of the molecule is C#CC(=O)O.O=C(O)C#Cc1ccc(C(F)(F)F)cc1. The summed E-state index contributed by atoms with van der Waals surface area (Å²) in [5.74, 6) is 2.91. The molecule has 1 rings (SSSR count). The highest BCUT2D eigenvalue weighted by Gasteiger charge is 2.29. The van der Waals surface area contributed by atoms with E-state index < -0.39 is 23.7 Å². The number of halogens is 3. The van der Waals surface area contributed by atoms with Crippen LogP contribution in [0.3, 0.4) is 0 Å². The number of benzene rings is 1. The van der Waals surface area contributed by atoms with Crippen LogP contribution in [0.5, 0.6) is 0 Å². The maximum Gasteiger partial charge on any atom is 0.416 e. The van der Waals surface area contributed by atoms with E-state index in [1.54, 1.807) is 5.92 Å². The standard InChI is InChI=1S/C10H5F3O2.C3H2O2/c11-10(12,13)8-4-1-7(2-5-8)3-6-9(14)15;1-2-3(4)5/h1-2,4-5H,(H,14,15);1H,(H,4,5). The molecular formula is C13H7F3O4. The van der Waals surface area contributed by atoms with Gasteiger partial charge in [-0.3, -0.25) is 0 Å². The van der Waals surface area contributed by atoms with E-state index in [0.717, 1.165) is 24.3 Å². The molecule has 0 fully saturated rings. The molecule has 0 saturated heterocycles. The summed E-state index contributed by atoms with van der Waals surface area (Å²) in [5, 5.41) is 15.7. The predicted octanol–water partition coefficient (Wildman–Crippen LogP) is 1.85. The van der Waals surface area contributed by atoms with Gasteiger partial charge in [0.25, 0.3) is 0 Å². The van der Waals surface area contributed by atoms with Crippen LogP contribution in [0, 0.1) is 24.2 Å². The topological polar surface area (TPSA) is 74.6 Å². The lowest BCUT2D eigenvalue weighted by atomic mass is 10.1. The van der Waals surface area contributed by atoms with Gasteiger partial charge in [-0.05, 0) is 24.3 Å². The van der Waals surface area contributed by atoms with Gasteiger partial charge < -0.3 is 10.2 Å². The Bertz CT molecular complexity index is 583. The van der Waals surface area contributed by atoms with Gasteiger partial charge in [-0.25, -0.2) is 9.59 Å². The van der Waals surface area contributed by atoms with Crippen LogP contribution in [0.25, 0.3) is 0 Å². The fourth-order valence-corrected chi connectivity index (χ4v) is 0.868. The minimum Gasteiger partial charge on any atom is -0.472 e. The third kappa shape index (κ3) is 7.41. The number of alkyl halides is 3. The number of carboxylic acid groups (broad SMARTS) is 2. The first kappa shape index (κ1) is 17.1. The minimum atomic E-state index is -4.39. The number of carbonyl (C=O) groups is 2. The summed E-state index contributed by atoms with van der Waals surface area (Å²) >= 11 is 0. The molecule has 4 nitrogen and oxygen atoms in total. The van der Waals surface area contributed by atoms with Gasteiger partial charge in [-0.1, -0.05) is 5.92 Å². The molecule has 0 aliphatic carbocycles. The molecule has 104 valence electrons. The molecule has 0 aliphatic rings. The van der Waals surface area contributed by atoms with Crippen molar-refractivity contribution in [2.75, 3.05) is 0 Å². The molecule has 1 aromatic carbocycles. The van der Waals surface area contributed by atoms with Gasteiger partial charge in [0.15, 0.2) is 0 Å². The Balaban J connectivity index is 0.000000621. The minimum absolute atomic E-state index is 0.227. The molecule has 2 N–H and O–H groups in total. The zero-order valence-electron chi connectivity index (χ0n) is 9.73. The average molecular weight is 284 g/mol. The van der Waals surface area contributed by atoms with Crippen molar-refractivity contribution in [3.05, 3.63) is 35.4 Å². The van der Waals surface area contributed by atoms with Crippen molar-refractivity contribution < 1.29 is 33.0 Å². The number of rotatable bonds is 0. The van der Waals surface area contributed by atoms with Crippen LogP contribution in [0.1, 0.15) is 11.1 Å². The van der Waals surface area contributed by atoms with Crippen molar-refractivity contribution in [1.82, 2.24) is 0 Å². The molecule has 7 heteroatoms. The lowest BCUT2D eigenvalue weighted by Crippen LogP contribution is -2.04. The first-order valence-corrected chi connectivity index (χ1v) is 4.78. The average Bonchev–Trinajstić information content (AvgIpc) is 2.36. The van der Waals surface area contributed by atoms with E-state index in [1.165, 1.54) is 5.92 Å². The van der Waals surface area contributed by atoms with E-state index in [1.807, 2.05) is 0 Å². The molecule has 0 heterocycles. The van der Waals surface area contributed by atoms with Crippen LogP contribution in [-0.4, -0.2) is 22.2 Å². The fourth-order valence-electron chi connectivity index (χ4n) is 0.868. The van der Waals surface area contributed by atoms with Gasteiger partial charge in [0.05, 0.1) is 5.56 Å². The van der Waals surface area contributed by atoms with Crippen molar-refractivity contribution in [3.63, 3.8) is 0 Å². The maximum atomic E-state index is 12.1. The first-order valence-electron chi connectivity index (χ1n) is 4.78. The second kappa shape index (κ2) is 7.49. The number of hydrogen-bond acceptors (Lipinski definition) is 2. The van der Waals surface area contributed by atoms with Crippen LogP contribution in [0.4, 0.5) is 13.2 Å². The van der Waals surface area contributed by atoms with Gasteiger partial charge in [-0.15, -0.1) is 6.42 Å². The van der Waals surface area contributed by atoms with Gasteiger partial charge >= 0.3 is 18.1 Å². The van der Waals surface area contributed by atoms with Crippen LogP contribution in [0.15, 0.2) is 24.3 Å². The highest BCUT2D eigenvalue weighted by Crippen LogP contribution is 2.28. The normalized spacial score (nSPS) is 9.10. The maximum absolute atomic E-state index is 12.1. The van der Waals surface area contributed by atoms with Gasteiger partial charge in [-0.2, -0.15) is 13.2 Å². The molecule has 0 amide bonds. The Morgan fingerprint density at radius 3 is 1.80 bits per heavy atom. The summed E-state index contributed by atoms with van der Waals surface area (Å²) in [6, 6.07) is 3.95. The number of carboxylic acids is 2. The zero-order chi connectivity index (χ0) is 15.8. The van der Waals surface area contributed by atoms with Gasteiger partial charge in [0, 0.05) is 17.4 Å². The number of terminal acetylenes is 1. The van der Waals surface area contributed by atoms with Crippen LogP contribution < -0.4 is 0 Å². The third-order valence-corrected chi connectivity index (χ3v) is 1.65. The molecule has 0 atom stereocenters. The molecule has 0 radical (unpaired) electrons. The summed E-state index contributed by atoms with van der Waals surface area (Å²) in [7, 11) is 0. The van der Waals surface area contributed by atoms with E-state index in [2.05, 4.69) is 12.3 Å². The molecular weight excluding hydrogens is 277 g/mol. The highest BCUT2D eigenvalue weighted by atomic mass is 19.4. The van der Waals surface area contributed by atoms with Crippen LogP contribution >= 0.6 is 0 Å². The largest absolute Gasteiger partial charge is 0.472 e. The summed E-state index contributed by atoms with van der Waals surface area (Å²) in [5.41, 5.74) is -0.561. The van der Waals surface area contributed by atoms with Crippen molar-refractivity contribution >= 4 is 11.9 Å². The second-order valence-corrected chi connectivity index (χ2v) is 3.08. The van der Waals surface area contributed by atoms with Crippen molar-refractivity contribution in [1.29, 1.82) is 0 Å². The van der Waals surface area contributed by atoms with E-state index in [-0.39, 0.29) is 5.56 Å². The second-order valence-electron chi connectivity index (χ2n) is 3.08. The lowest BCUT2D eigenvalue weighted by Gasteiger charge is -2.05.